The van der Waals surface area contributed by atoms with E-state index in [1.807, 2.05) is 24.3 Å². The smallest absolute Gasteiger partial charge is 0.172 e. The van der Waals surface area contributed by atoms with Crippen LogP contribution in [0.5, 0.6) is 0 Å². The molecule has 3 N–H and O–H groups in total. The third-order valence-corrected chi connectivity index (χ3v) is 3.57. The van der Waals surface area contributed by atoms with E-state index in [9.17, 15) is 0 Å². The summed E-state index contributed by atoms with van der Waals surface area (Å²) in [6.45, 7) is 2.07. The topological polar surface area (TPSA) is 80.5 Å². The van der Waals surface area contributed by atoms with E-state index in [1.165, 1.54) is 11.8 Å². The number of hydrogen-bond acceptors (Lipinski definition) is 5. The summed E-state index contributed by atoms with van der Waals surface area (Å²) in [5.41, 5.74) is 9.34. The van der Waals surface area contributed by atoms with Gasteiger partial charge in [-0.25, -0.2) is 15.0 Å². The Labute approximate surface area is 114 Å². The molecular formula is C13H13N5S. The zero-order valence-electron chi connectivity index (χ0n) is 10.4. The van der Waals surface area contributed by atoms with E-state index in [0.29, 0.717) is 0 Å². The molecule has 0 aliphatic carbocycles. The molecule has 1 aromatic carbocycles. The molecular weight excluding hydrogens is 258 g/mol. The first-order valence-electron chi connectivity index (χ1n) is 5.98. The fraction of sp³-hybridized carbons (Fsp3) is 0.154. The number of aryl methyl sites for hydroxylation is 1. The van der Waals surface area contributed by atoms with Crippen molar-refractivity contribution in [2.45, 2.75) is 23.5 Å². The standard InChI is InChI=1S/C13H13N5S/c1-2-9-6-12(16-7-15-9)19-13-17-10-4-3-8(14)5-11(10)18-13/h3-7H,2,14H2,1H3,(H,17,18). The molecule has 2 heterocycles. The molecule has 0 atom stereocenters. The maximum atomic E-state index is 5.75. The van der Waals surface area contributed by atoms with Crippen LogP contribution < -0.4 is 5.73 Å². The van der Waals surface area contributed by atoms with Crippen molar-refractivity contribution < 1.29 is 0 Å². The monoisotopic (exact) mass is 271 g/mol. The van der Waals surface area contributed by atoms with Gasteiger partial charge >= 0.3 is 0 Å². The van der Waals surface area contributed by atoms with Gasteiger partial charge in [-0.05, 0) is 42.4 Å². The van der Waals surface area contributed by atoms with Crippen LogP contribution in [0.2, 0.25) is 0 Å². The average Bonchev–Trinajstić information content (AvgIpc) is 2.80. The first-order valence-corrected chi connectivity index (χ1v) is 6.80. The van der Waals surface area contributed by atoms with Crippen molar-refractivity contribution in [2.24, 2.45) is 0 Å². The van der Waals surface area contributed by atoms with Crippen molar-refractivity contribution in [2.75, 3.05) is 5.73 Å². The molecule has 0 aliphatic heterocycles. The van der Waals surface area contributed by atoms with Crippen LogP contribution in [0.15, 0.2) is 40.8 Å². The molecule has 0 unspecified atom stereocenters. The Morgan fingerprint density at radius 3 is 3.00 bits per heavy atom. The number of nitrogens with one attached hydrogen (secondary N) is 1. The van der Waals surface area contributed by atoms with Crippen LogP contribution in [-0.4, -0.2) is 19.9 Å². The molecule has 19 heavy (non-hydrogen) atoms. The Hall–Kier alpha value is -2.08. The van der Waals surface area contributed by atoms with Gasteiger partial charge in [0.15, 0.2) is 5.16 Å². The van der Waals surface area contributed by atoms with Gasteiger partial charge in [-0.15, -0.1) is 0 Å². The molecule has 0 radical (unpaired) electrons. The highest BCUT2D eigenvalue weighted by Crippen LogP contribution is 2.26. The summed E-state index contributed by atoms with van der Waals surface area (Å²) in [7, 11) is 0. The van der Waals surface area contributed by atoms with Gasteiger partial charge in [-0.2, -0.15) is 0 Å². The number of benzene rings is 1. The molecule has 5 nitrogen and oxygen atoms in total. The third-order valence-electron chi connectivity index (χ3n) is 2.75. The van der Waals surface area contributed by atoms with Crippen LogP contribution in [0.1, 0.15) is 12.6 Å². The Bertz CT molecular complexity index is 722. The van der Waals surface area contributed by atoms with Crippen LogP contribution in [-0.2, 0) is 6.42 Å². The molecule has 2 aromatic heterocycles. The molecule has 0 fully saturated rings. The van der Waals surface area contributed by atoms with Crippen molar-refractivity contribution in [1.82, 2.24) is 19.9 Å². The van der Waals surface area contributed by atoms with Gasteiger partial charge in [-0.1, -0.05) is 6.92 Å². The Morgan fingerprint density at radius 2 is 2.16 bits per heavy atom. The lowest BCUT2D eigenvalue weighted by Gasteiger charge is -1.98. The number of imidazole rings is 1. The Morgan fingerprint density at radius 1 is 1.26 bits per heavy atom. The van der Waals surface area contributed by atoms with Gasteiger partial charge < -0.3 is 10.7 Å². The second-order valence-electron chi connectivity index (χ2n) is 4.12. The highest BCUT2D eigenvalue weighted by Gasteiger charge is 2.06. The number of aromatic amines is 1. The zero-order valence-corrected chi connectivity index (χ0v) is 11.2. The minimum Gasteiger partial charge on any atom is -0.399 e. The van der Waals surface area contributed by atoms with Crippen LogP contribution in [0.25, 0.3) is 11.0 Å². The number of H-pyrrole nitrogens is 1. The van der Waals surface area contributed by atoms with Crippen LogP contribution >= 0.6 is 11.8 Å². The van der Waals surface area contributed by atoms with E-state index in [4.69, 9.17) is 5.73 Å². The van der Waals surface area contributed by atoms with Crippen molar-refractivity contribution in [1.29, 1.82) is 0 Å². The summed E-state index contributed by atoms with van der Waals surface area (Å²) >= 11 is 1.49. The molecule has 3 aromatic rings. The maximum Gasteiger partial charge on any atom is 0.172 e. The van der Waals surface area contributed by atoms with E-state index in [-0.39, 0.29) is 0 Å². The van der Waals surface area contributed by atoms with Gasteiger partial charge in [0.2, 0.25) is 0 Å². The summed E-state index contributed by atoms with van der Waals surface area (Å²) in [4.78, 5) is 16.1. The summed E-state index contributed by atoms with van der Waals surface area (Å²) in [5.74, 6) is 0. The largest absolute Gasteiger partial charge is 0.399 e. The molecule has 6 heteroatoms. The number of fused-ring (bicyclic) bond motifs is 1. The fourth-order valence-corrected chi connectivity index (χ4v) is 2.58. The highest BCUT2D eigenvalue weighted by atomic mass is 32.2. The van der Waals surface area contributed by atoms with Gasteiger partial charge in [0.1, 0.15) is 11.4 Å². The zero-order chi connectivity index (χ0) is 13.2. The Balaban J connectivity index is 1.92. The summed E-state index contributed by atoms with van der Waals surface area (Å²) < 4.78 is 0. The van der Waals surface area contributed by atoms with Crippen LogP contribution in [0.3, 0.4) is 0 Å². The number of nitrogens with zero attached hydrogens (tertiary/aromatic N) is 3. The summed E-state index contributed by atoms with van der Waals surface area (Å²) in [5, 5.41) is 1.69. The van der Waals surface area contributed by atoms with Crippen molar-refractivity contribution in [3.05, 3.63) is 36.3 Å². The molecule has 0 bridgehead atoms. The lowest BCUT2D eigenvalue weighted by atomic mass is 10.3. The molecule has 0 saturated carbocycles. The number of anilines is 1. The number of rotatable bonds is 3. The minimum atomic E-state index is 0.725. The predicted molar refractivity (Wildman–Crippen MR) is 76.0 cm³/mol. The minimum absolute atomic E-state index is 0.725. The van der Waals surface area contributed by atoms with Crippen LogP contribution in [0, 0.1) is 0 Å². The van der Waals surface area contributed by atoms with Gasteiger partial charge in [0, 0.05) is 11.4 Å². The normalized spacial score (nSPS) is 11.0. The maximum absolute atomic E-state index is 5.75. The quantitative estimate of drug-likeness (QED) is 0.565. The van der Waals surface area contributed by atoms with Gasteiger partial charge in [-0.3, -0.25) is 0 Å². The Kier molecular flexibility index (Phi) is 3.08. The lowest BCUT2D eigenvalue weighted by molar-refractivity contribution is 0.941. The van der Waals surface area contributed by atoms with Crippen LogP contribution in [0.4, 0.5) is 5.69 Å². The molecule has 0 amide bonds. The van der Waals surface area contributed by atoms with E-state index in [0.717, 1.165) is 39.0 Å². The lowest BCUT2D eigenvalue weighted by Crippen LogP contribution is -1.89. The van der Waals surface area contributed by atoms with E-state index < -0.39 is 0 Å². The SMILES string of the molecule is CCc1cc(Sc2nc3ccc(N)cc3[nH]2)ncn1. The van der Waals surface area contributed by atoms with Gasteiger partial charge in [0.05, 0.1) is 11.0 Å². The first kappa shape index (κ1) is 12.0. The predicted octanol–water partition coefficient (Wildman–Crippen LogP) is 2.65. The molecule has 96 valence electrons. The number of hydrogen-bond donors (Lipinski definition) is 2. The fourth-order valence-electron chi connectivity index (χ4n) is 1.78. The number of aromatic nitrogens is 4. The average molecular weight is 271 g/mol. The van der Waals surface area contributed by atoms with Gasteiger partial charge in [0.25, 0.3) is 0 Å². The summed E-state index contributed by atoms with van der Waals surface area (Å²) in [6.07, 6.45) is 2.48. The molecule has 3 rings (SSSR count). The number of nitrogen functional groups attached to an aromatic ring is 1. The van der Waals surface area contributed by atoms with E-state index >= 15 is 0 Å². The van der Waals surface area contributed by atoms with Crippen molar-refractivity contribution >= 4 is 28.5 Å². The summed E-state index contributed by atoms with van der Waals surface area (Å²) in [6, 6.07) is 7.61. The van der Waals surface area contributed by atoms with Crippen molar-refractivity contribution in [3.63, 3.8) is 0 Å². The number of nitrogens with two attached hydrogens (primary N) is 1. The molecule has 0 spiro atoms. The first-order chi connectivity index (χ1) is 9.24. The molecule has 0 aliphatic rings. The second-order valence-corrected chi connectivity index (χ2v) is 5.13. The van der Waals surface area contributed by atoms with E-state index in [1.54, 1.807) is 6.33 Å². The van der Waals surface area contributed by atoms with E-state index in [2.05, 4.69) is 26.9 Å². The second kappa shape index (κ2) is 4.89. The highest BCUT2D eigenvalue weighted by molar-refractivity contribution is 7.99. The molecule has 0 saturated heterocycles. The third kappa shape index (κ3) is 2.53. The van der Waals surface area contributed by atoms with Crippen molar-refractivity contribution in [3.8, 4) is 0 Å².